The highest BCUT2D eigenvalue weighted by atomic mass is 79.9. The summed E-state index contributed by atoms with van der Waals surface area (Å²) < 4.78 is 10.9. The fourth-order valence-corrected chi connectivity index (χ4v) is 1.94. The van der Waals surface area contributed by atoms with Crippen LogP contribution in [0.25, 0.3) is 5.57 Å². The number of para-hydroxylation sites is 1. The normalized spacial score (nSPS) is 16.0. The van der Waals surface area contributed by atoms with Gasteiger partial charge in [-0.1, -0.05) is 12.1 Å². The van der Waals surface area contributed by atoms with E-state index >= 15 is 0 Å². The first-order chi connectivity index (χ1) is 7.22. The van der Waals surface area contributed by atoms with Gasteiger partial charge in [0, 0.05) is 17.2 Å². The molecule has 0 saturated carbocycles. The zero-order valence-corrected chi connectivity index (χ0v) is 9.71. The van der Waals surface area contributed by atoms with Gasteiger partial charge < -0.3 is 9.47 Å². The van der Waals surface area contributed by atoms with Crippen molar-refractivity contribution in [2.24, 2.45) is 0 Å². The molecule has 1 aliphatic rings. The van der Waals surface area contributed by atoms with Crippen molar-refractivity contribution in [2.45, 2.75) is 0 Å². The summed E-state index contributed by atoms with van der Waals surface area (Å²) in [4.78, 5) is 11.1. The van der Waals surface area contributed by atoms with E-state index in [1.807, 2.05) is 18.2 Å². The number of hydrogen-bond donors (Lipinski definition) is 0. The lowest BCUT2D eigenvalue weighted by Crippen LogP contribution is -1.97. The number of methoxy groups -OCH3 is 1. The summed E-state index contributed by atoms with van der Waals surface area (Å²) in [7, 11) is 1.36. The number of esters is 1. The molecule has 4 heteroatoms. The molecule has 15 heavy (non-hydrogen) atoms. The molecule has 0 aliphatic carbocycles. The second-order valence-corrected chi connectivity index (χ2v) is 3.95. The first-order valence-corrected chi connectivity index (χ1v) is 5.22. The van der Waals surface area contributed by atoms with Gasteiger partial charge >= 0.3 is 5.97 Å². The number of halogens is 1. The van der Waals surface area contributed by atoms with E-state index in [2.05, 4.69) is 20.7 Å². The Bertz CT molecular complexity index is 437. The summed E-state index contributed by atoms with van der Waals surface area (Å²) in [5, 5.41) is 0. The minimum Gasteiger partial charge on any atom is -0.487 e. The highest BCUT2D eigenvalue weighted by molar-refractivity contribution is 9.10. The minimum absolute atomic E-state index is 0.360. The monoisotopic (exact) mass is 268 g/mol. The van der Waals surface area contributed by atoms with E-state index in [0.29, 0.717) is 6.61 Å². The largest absolute Gasteiger partial charge is 0.487 e. The van der Waals surface area contributed by atoms with E-state index in [-0.39, 0.29) is 5.97 Å². The van der Waals surface area contributed by atoms with Crippen molar-refractivity contribution >= 4 is 27.5 Å². The number of rotatable bonds is 1. The predicted octanol–water partition coefficient (Wildman–Crippen LogP) is 2.40. The summed E-state index contributed by atoms with van der Waals surface area (Å²) >= 11 is 3.39. The Morgan fingerprint density at radius 3 is 3.13 bits per heavy atom. The molecule has 2 rings (SSSR count). The zero-order chi connectivity index (χ0) is 10.8. The average molecular weight is 269 g/mol. The summed E-state index contributed by atoms with van der Waals surface area (Å²) in [5.41, 5.74) is 1.79. The standard InChI is InChI=1S/C11H9BrO3/c1-14-10(13)5-7-6-15-11-8(7)3-2-4-9(11)12/h2-5H,6H2,1H3/b7-5+. The lowest BCUT2D eigenvalue weighted by molar-refractivity contribution is -0.134. The summed E-state index contributed by atoms with van der Waals surface area (Å²) in [6.45, 7) is 0.410. The van der Waals surface area contributed by atoms with Crippen LogP contribution in [0.1, 0.15) is 5.56 Å². The molecule has 0 N–H and O–H groups in total. The molecule has 0 aromatic heterocycles. The van der Waals surface area contributed by atoms with E-state index < -0.39 is 0 Å². The lowest BCUT2D eigenvalue weighted by atomic mass is 10.1. The number of carbonyl (C=O) groups excluding carboxylic acids is 1. The van der Waals surface area contributed by atoms with Gasteiger partial charge in [0.1, 0.15) is 12.4 Å². The van der Waals surface area contributed by atoms with Crippen LogP contribution in [0.2, 0.25) is 0 Å². The van der Waals surface area contributed by atoms with Gasteiger partial charge in [-0.05, 0) is 22.0 Å². The molecule has 1 aliphatic heterocycles. The second kappa shape index (κ2) is 4.06. The van der Waals surface area contributed by atoms with E-state index in [1.165, 1.54) is 13.2 Å². The molecule has 0 fully saturated rings. The summed E-state index contributed by atoms with van der Waals surface area (Å²) in [5.74, 6) is 0.425. The Balaban J connectivity index is 2.41. The van der Waals surface area contributed by atoms with Crippen molar-refractivity contribution in [2.75, 3.05) is 13.7 Å². The van der Waals surface area contributed by atoms with Crippen molar-refractivity contribution in [3.05, 3.63) is 34.3 Å². The molecule has 1 aromatic carbocycles. The van der Waals surface area contributed by atoms with Crippen LogP contribution < -0.4 is 4.74 Å². The second-order valence-electron chi connectivity index (χ2n) is 3.10. The zero-order valence-electron chi connectivity index (χ0n) is 8.12. The molecule has 0 spiro atoms. The average Bonchev–Trinajstić information content (AvgIpc) is 2.63. The van der Waals surface area contributed by atoms with E-state index in [4.69, 9.17) is 4.74 Å². The SMILES string of the molecule is COC(=O)/C=C1\COc2c(Br)cccc21. The lowest BCUT2D eigenvalue weighted by Gasteiger charge is -1.99. The summed E-state index contributed by atoms with van der Waals surface area (Å²) in [6, 6.07) is 5.73. The van der Waals surface area contributed by atoms with Gasteiger partial charge in [-0.25, -0.2) is 4.79 Å². The molecule has 3 nitrogen and oxygen atoms in total. The Kier molecular flexibility index (Phi) is 2.77. The molecule has 0 amide bonds. The van der Waals surface area contributed by atoms with E-state index in [1.54, 1.807) is 0 Å². The first-order valence-electron chi connectivity index (χ1n) is 4.42. The third kappa shape index (κ3) is 1.90. The maximum Gasteiger partial charge on any atom is 0.330 e. The molecule has 0 radical (unpaired) electrons. The fourth-order valence-electron chi connectivity index (χ4n) is 1.46. The van der Waals surface area contributed by atoms with Gasteiger partial charge in [0.05, 0.1) is 11.6 Å². The molecule has 78 valence electrons. The highest BCUT2D eigenvalue weighted by Gasteiger charge is 2.20. The third-order valence-electron chi connectivity index (χ3n) is 2.18. The van der Waals surface area contributed by atoms with Crippen molar-refractivity contribution in [3.8, 4) is 5.75 Å². The van der Waals surface area contributed by atoms with Crippen molar-refractivity contribution < 1.29 is 14.3 Å². The van der Waals surface area contributed by atoms with Crippen molar-refractivity contribution in [1.82, 2.24) is 0 Å². The van der Waals surface area contributed by atoms with Gasteiger partial charge in [-0.2, -0.15) is 0 Å². The van der Waals surface area contributed by atoms with Crippen molar-refractivity contribution in [3.63, 3.8) is 0 Å². The molecular weight excluding hydrogens is 260 g/mol. The number of hydrogen-bond acceptors (Lipinski definition) is 3. The molecule has 0 saturated heterocycles. The molecule has 0 atom stereocenters. The maximum absolute atomic E-state index is 11.1. The van der Waals surface area contributed by atoms with Crippen LogP contribution in [-0.4, -0.2) is 19.7 Å². The van der Waals surface area contributed by atoms with Crippen LogP contribution in [0, 0.1) is 0 Å². The molecule has 1 aromatic rings. The van der Waals surface area contributed by atoms with Crippen LogP contribution in [0.15, 0.2) is 28.7 Å². The topological polar surface area (TPSA) is 35.5 Å². The Hall–Kier alpha value is -1.29. The summed E-state index contributed by atoms with van der Waals surface area (Å²) in [6.07, 6.45) is 1.46. The Labute approximate surface area is 95.8 Å². The van der Waals surface area contributed by atoms with Crippen LogP contribution >= 0.6 is 15.9 Å². The third-order valence-corrected chi connectivity index (χ3v) is 2.80. The Morgan fingerprint density at radius 1 is 1.60 bits per heavy atom. The molecule has 1 heterocycles. The molecule has 0 unspecified atom stereocenters. The van der Waals surface area contributed by atoms with Crippen LogP contribution in [-0.2, 0) is 9.53 Å². The maximum atomic E-state index is 11.1. The van der Waals surface area contributed by atoms with Gasteiger partial charge in [-0.3, -0.25) is 0 Å². The van der Waals surface area contributed by atoms with Crippen LogP contribution in [0.4, 0.5) is 0 Å². The number of benzene rings is 1. The van der Waals surface area contributed by atoms with Gasteiger partial charge in [0.2, 0.25) is 0 Å². The van der Waals surface area contributed by atoms with Gasteiger partial charge in [0.15, 0.2) is 0 Å². The number of fused-ring (bicyclic) bond motifs is 1. The van der Waals surface area contributed by atoms with E-state index in [0.717, 1.165) is 21.4 Å². The quantitative estimate of drug-likeness (QED) is 0.580. The van der Waals surface area contributed by atoms with Gasteiger partial charge in [0.25, 0.3) is 0 Å². The smallest absolute Gasteiger partial charge is 0.330 e. The number of carbonyl (C=O) groups is 1. The predicted molar refractivity (Wildman–Crippen MR) is 59.6 cm³/mol. The minimum atomic E-state index is -0.360. The fraction of sp³-hybridized carbons (Fsp3) is 0.182. The molecular formula is C11H9BrO3. The van der Waals surface area contributed by atoms with E-state index in [9.17, 15) is 4.79 Å². The van der Waals surface area contributed by atoms with Crippen LogP contribution in [0.5, 0.6) is 5.75 Å². The van der Waals surface area contributed by atoms with Gasteiger partial charge in [-0.15, -0.1) is 0 Å². The molecule has 0 bridgehead atoms. The number of ether oxygens (including phenoxy) is 2. The Morgan fingerprint density at radius 2 is 2.40 bits per heavy atom. The first kappa shape index (κ1) is 10.2. The highest BCUT2D eigenvalue weighted by Crippen LogP contribution is 2.38. The van der Waals surface area contributed by atoms with Crippen LogP contribution in [0.3, 0.4) is 0 Å². The van der Waals surface area contributed by atoms with Crippen molar-refractivity contribution in [1.29, 1.82) is 0 Å².